The van der Waals surface area contributed by atoms with Gasteiger partial charge in [-0.1, -0.05) is 39.0 Å². The highest BCUT2D eigenvalue weighted by Gasteiger charge is 2.39. The van der Waals surface area contributed by atoms with E-state index >= 15 is 0 Å². The zero-order valence-electron chi connectivity index (χ0n) is 18.3. The summed E-state index contributed by atoms with van der Waals surface area (Å²) in [6.45, 7) is 11.5. The zero-order valence-corrected chi connectivity index (χ0v) is 20.2. The van der Waals surface area contributed by atoms with Crippen LogP contribution in [0.3, 0.4) is 0 Å². The van der Waals surface area contributed by atoms with Gasteiger partial charge in [-0.25, -0.2) is 9.18 Å². The Balaban J connectivity index is 1.66. The summed E-state index contributed by atoms with van der Waals surface area (Å²) in [5.74, 6) is -1.71. The Morgan fingerprint density at radius 1 is 1.35 bits per heavy atom. The molecule has 1 aliphatic rings. The molecule has 1 saturated heterocycles. The second-order valence-electron chi connectivity index (χ2n) is 8.87. The predicted octanol–water partition coefficient (Wildman–Crippen LogP) is 4.24. The average molecular weight is 466 g/mol. The summed E-state index contributed by atoms with van der Waals surface area (Å²) in [7, 11) is -1.92. The largest absolute Gasteiger partial charge is 0.413 e. The fourth-order valence-corrected chi connectivity index (χ4v) is 4.89. The Morgan fingerprint density at radius 3 is 2.68 bits per heavy atom. The second-order valence-corrected chi connectivity index (χ2v) is 15.0. The maximum atomic E-state index is 14.6. The molecule has 1 aromatic carbocycles. The van der Waals surface area contributed by atoms with Crippen LogP contribution in [-0.2, 0) is 9.16 Å². The Labute approximate surface area is 186 Å². The van der Waals surface area contributed by atoms with Gasteiger partial charge in [-0.3, -0.25) is 9.36 Å². The number of aromatic nitrogens is 2. The van der Waals surface area contributed by atoms with Crippen LogP contribution in [0.5, 0.6) is 0 Å². The van der Waals surface area contributed by atoms with Crippen molar-refractivity contribution in [1.29, 1.82) is 0 Å². The molecule has 0 radical (unpaired) electrons. The predicted molar refractivity (Wildman–Crippen MR) is 122 cm³/mol. The molecular weight excluding hydrogens is 437 g/mol. The Hall–Kier alpha value is -2.01. The smallest absolute Gasteiger partial charge is 0.350 e. The van der Waals surface area contributed by atoms with Crippen molar-refractivity contribution in [2.45, 2.75) is 49.7 Å². The van der Waals surface area contributed by atoms with Crippen molar-refractivity contribution in [2.75, 3.05) is 18.5 Å². The molecule has 2 aromatic rings. The number of rotatable bonds is 6. The summed E-state index contributed by atoms with van der Waals surface area (Å²) in [4.78, 5) is 28.4. The van der Waals surface area contributed by atoms with E-state index in [4.69, 9.17) is 9.16 Å². The molecule has 3 rings (SSSR count). The average Bonchev–Trinajstić information content (AvgIpc) is 3.17. The van der Waals surface area contributed by atoms with Gasteiger partial charge in [0.15, 0.2) is 20.0 Å². The lowest BCUT2D eigenvalue weighted by Gasteiger charge is -2.36. The molecule has 2 heterocycles. The van der Waals surface area contributed by atoms with Gasteiger partial charge in [-0.05, 0) is 30.3 Å². The molecule has 168 valence electrons. The summed E-state index contributed by atoms with van der Waals surface area (Å²) in [5, 5.41) is 2.02. The van der Waals surface area contributed by atoms with E-state index in [0.29, 0.717) is 12.2 Å². The summed E-state index contributed by atoms with van der Waals surface area (Å²) >= 11 is 1.40. The fourth-order valence-electron chi connectivity index (χ4n) is 2.68. The van der Waals surface area contributed by atoms with E-state index < -0.39 is 36.9 Å². The minimum absolute atomic E-state index is 0.0830. The van der Waals surface area contributed by atoms with E-state index in [2.05, 4.69) is 44.2 Å². The third-order valence-electron chi connectivity index (χ3n) is 5.61. The molecule has 31 heavy (non-hydrogen) atoms. The number of carbonyl (C=O) groups excluding carboxylic acids is 1. The van der Waals surface area contributed by atoms with Crippen molar-refractivity contribution in [3.8, 4) is 0 Å². The van der Waals surface area contributed by atoms with Crippen molar-refractivity contribution < 1.29 is 18.3 Å². The Bertz CT molecular complexity index is 994. The molecule has 0 unspecified atom stereocenters. The second kappa shape index (κ2) is 9.23. The lowest BCUT2D eigenvalue weighted by molar-refractivity contribution is 0.0834. The lowest BCUT2D eigenvalue weighted by Crippen LogP contribution is -2.42. The van der Waals surface area contributed by atoms with Gasteiger partial charge in [0.1, 0.15) is 10.8 Å². The molecular formula is C21H28FN3O4SSi. The number of nitrogens with one attached hydrogen (secondary N) is 1. The maximum absolute atomic E-state index is 14.6. The third kappa shape index (κ3) is 5.62. The first-order valence-corrected chi connectivity index (χ1v) is 13.9. The maximum Gasteiger partial charge on any atom is 0.350 e. The third-order valence-corrected chi connectivity index (χ3v) is 11.4. The Kier molecular flexibility index (Phi) is 7.04. The van der Waals surface area contributed by atoms with Crippen LogP contribution in [0.4, 0.5) is 10.2 Å². The van der Waals surface area contributed by atoms with Gasteiger partial charge in [-0.15, -0.1) is 11.8 Å². The van der Waals surface area contributed by atoms with Crippen LogP contribution >= 0.6 is 11.8 Å². The van der Waals surface area contributed by atoms with E-state index in [0.717, 1.165) is 6.20 Å². The minimum Gasteiger partial charge on any atom is -0.413 e. The van der Waals surface area contributed by atoms with E-state index in [-0.39, 0.29) is 17.1 Å². The van der Waals surface area contributed by atoms with Gasteiger partial charge in [0, 0.05) is 11.8 Å². The number of halogens is 1. The topological polar surface area (TPSA) is 82.4 Å². The zero-order chi connectivity index (χ0) is 22.8. The summed E-state index contributed by atoms with van der Waals surface area (Å²) in [5.41, 5.74) is -0.555. The lowest BCUT2D eigenvalue weighted by atomic mass is 10.2. The molecule has 0 bridgehead atoms. The molecule has 1 aromatic heterocycles. The molecule has 1 fully saturated rings. The molecule has 2 atom stereocenters. The van der Waals surface area contributed by atoms with Crippen LogP contribution in [-0.4, -0.2) is 42.4 Å². The van der Waals surface area contributed by atoms with Crippen molar-refractivity contribution in [1.82, 2.24) is 9.55 Å². The number of benzene rings is 1. The van der Waals surface area contributed by atoms with Crippen LogP contribution in [0.1, 0.15) is 36.5 Å². The molecule has 1 amide bonds. The number of nitrogens with zero attached hydrogens (tertiary/aromatic N) is 2. The number of hydrogen-bond acceptors (Lipinski definition) is 6. The van der Waals surface area contributed by atoms with E-state index in [1.165, 1.54) is 16.3 Å². The van der Waals surface area contributed by atoms with E-state index in [1.54, 1.807) is 30.3 Å². The summed E-state index contributed by atoms with van der Waals surface area (Å²) in [6.07, 6.45) is 1.06. The van der Waals surface area contributed by atoms with Crippen LogP contribution in [0.2, 0.25) is 18.1 Å². The molecule has 0 spiro atoms. The standard InChI is InChI=1S/C21H28FN3O4SSi/c1-21(2,3)31(4,5)29-13-17-28-12-16(30-17)25-11-15(22)18(24-20(25)27)23-19(26)14-9-7-6-8-10-14/h6-11,16-17H,12-13H2,1-5H3,(H,23,24,26,27)/t16-,17-/m0/s1. The summed E-state index contributed by atoms with van der Waals surface area (Å²) < 4.78 is 27.7. The van der Waals surface area contributed by atoms with Crippen LogP contribution in [0, 0.1) is 5.82 Å². The number of thioether (sulfide) groups is 1. The first-order chi connectivity index (χ1) is 14.5. The molecule has 10 heteroatoms. The highest BCUT2D eigenvalue weighted by Crippen LogP contribution is 2.39. The normalized spacial score (nSPS) is 19.4. The Morgan fingerprint density at radius 2 is 2.03 bits per heavy atom. The van der Waals surface area contributed by atoms with Crippen molar-refractivity contribution in [3.05, 3.63) is 58.4 Å². The van der Waals surface area contributed by atoms with E-state index in [9.17, 15) is 14.0 Å². The SMILES string of the molecule is CC(C)(C)[Si](C)(C)OC[C@H]1OC[C@@H](n2cc(F)c(NC(=O)c3ccccc3)nc2=O)S1. The highest BCUT2D eigenvalue weighted by atomic mass is 32.2. The van der Waals surface area contributed by atoms with Crippen molar-refractivity contribution in [2.24, 2.45) is 0 Å². The van der Waals surface area contributed by atoms with Crippen LogP contribution in [0.15, 0.2) is 41.3 Å². The van der Waals surface area contributed by atoms with Gasteiger partial charge in [-0.2, -0.15) is 4.98 Å². The number of hydrogen-bond donors (Lipinski definition) is 1. The first kappa shape index (κ1) is 23.6. The van der Waals surface area contributed by atoms with Gasteiger partial charge in [0.2, 0.25) is 0 Å². The van der Waals surface area contributed by atoms with Gasteiger partial charge in [0.25, 0.3) is 5.91 Å². The molecule has 1 aliphatic heterocycles. The van der Waals surface area contributed by atoms with Crippen LogP contribution in [0.25, 0.3) is 0 Å². The number of anilines is 1. The quantitative estimate of drug-likeness (QED) is 0.643. The number of carbonyl (C=O) groups is 1. The minimum atomic E-state index is -1.92. The van der Waals surface area contributed by atoms with Gasteiger partial charge < -0.3 is 14.5 Å². The summed E-state index contributed by atoms with van der Waals surface area (Å²) in [6, 6.07) is 8.33. The molecule has 0 aliphatic carbocycles. The van der Waals surface area contributed by atoms with Crippen molar-refractivity contribution in [3.63, 3.8) is 0 Å². The van der Waals surface area contributed by atoms with Crippen LogP contribution < -0.4 is 11.0 Å². The highest BCUT2D eigenvalue weighted by molar-refractivity contribution is 8.00. The molecule has 0 saturated carbocycles. The monoisotopic (exact) mass is 465 g/mol. The van der Waals surface area contributed by atoms with E-state index in [1.807, 2.05) is 0 Å². The number of amides is 1. The van der Waals surface area contributed by atoms with Gasteiger partial charge in [0.05, 0.1) is 13.2 Å². The molecule has 1 N–H and O–H groups in total. The van der Waals surface area contributed by atoms with Crippen molar-refractivity contribution >= 4 is 31.8 Å². The first-order valence-electron chi connectivity index (χ1n) is 10.0. The molecule has 7 nitrogen and oxygen atoms in total. The van der Waals surface area contributed by atoms with Gasteiger partial charge >= 0.3 is 5.69 Å². The number of ether oxygens (including phenoxy) is 1. The fraction of sp³-hybridized carbons (Fsp3) is 0.476.